The average Bonchev–Trinajstić information content (AvgIpc) is 2.45. The minimum Gasteiger partial charge on any atom is -0.258 e. The third-order valence-electron chi connectivity index (χ3n) is 2.84. The zero-order chi connectivity index (χ0) is 16.5. The van der Waals surface area contributed by atoms with Crippen LogP contribution in [0, 0.1) is 20.2 Å². The maximum Gasteiger partial charge on any atom is 0.284 e. The van der Waals surface area contributed by atoms with Crippen LogP contribution in [0.2, 0.25) is 0 Å². The molecule has 0 amide bonds. The van der Waals surface area contributed by atoms with Gasteiger partial charge in [0.25, 0.3) is 20.4 Å². The van der Waals surface area contributed by atoms with Crippen LogP contribution in [0.1, 0.15) is 0 Å². The molecule has 0 aliphatic heterocycles. The summed E-state index contributed by atoms with van der Waals surface area (Å²) in [6.07, 6.45) is 0. The Labute approximate surface area is 128 Å². The van der Waals surface area contributed by atoms with Crippen LogP contribution < -0.4 is 0 Å². The van der Waals surface area contributed by atoms with E-state index in [2.05, 4.69) is 0 Å². The molecule has 2 rings (SSSR count). The summed E-state index contributed by atoms with van der Waals surface area (Å²) in [5.74, 6) is 0. The van der Waals surface area contributed by atoms with Gasteiger partial charge in [0.2, 0.25) is 0 Å². The Balaban J connectivity index is 2.57. The zero-order valence-electron chi connectivity index (χ0n) is 10.7. The Bertz CT molecular complexity index is 864. The van der Waals surface area contributed by atoms with E-state index in [0.29, 0.717) is 5.56 Å². The Hall–Kier alpha value is -2.52. The van der Waals surface area contributed by atoms with Gasteiger partial charge in [0.15, 0.2) is 0 Å². The molecule has 0 atom stereocenters. The van der Waals surface area contributed by atoms with Crippen LogP contribution in [-0.2, 0) is 9.05 Å². The van der Waals surface area contributed by atoms with Gasteiger partial charge in [-0.1, -0.05) is 12.1 Å². The van der Waals surface area contributed by atoms with Crippen molar-refractivity contribution >= 4 is 31.1 Å². The van der Waals surface area contributed by atoms with Crippen LogP contribution in [-0.4, -0.2) is 18.3 Å². The SMILES string of the molecule is O=[N+]([O-])c1ccc(-c2ccc(S(=O)(=O)Cl)cc2)c([N+](=O)[O-])c1. The lowest BCUT2D eigenvalue weighted by Gasteiger charge is -2.04. The molecule has 0 aromatic heterocycles. The summed E-state index contributed by atoms with van der Waals surface area (Å²) in [5, 5.41) is 21.7. The molecule has 8 nitrogen and oxygen atoms in total. The molecule has 2 aromatic carbocycles. The van der Waals surface area contributed by atoms with Gasteiger partial charge < -0.3 is 0 Å². The van der Waals surface area contributed by atoms with Crippen LogP contribution in [0.15, 0.2) is 47.4 Å². The molecule has 0 saturated heterocycles. The highest BCUT2D eigenvalue weighted by Crippen LogP contribution is 2.33. The van der Waals surface area contributed by atoms with Crippen LogP contribution in [0.25, 0.3) is 11.1 Å². The van der Waals surface area contributed by atoms with E-state index in [1.165, 1.54) is 30.3 Å². The number of nitro groups is 2. The first kappa shape index (κ1) is 15.9. The highest BCUT2D eigenvalue weighted by Gasteiger charge is 2.21. The van der Waals surface area contributed by atoms with E-state index >= 15 is 0 Å². The van der Waals surface area contributed by atoms with Gasteiger partial charge in [0, 0.05) is 16.7 Å². The quantitative estimate of drug-likeness (QED) is 0.478. The Morgan fingerprint density at radius 2 is 1.50 bits per heavy atom. The summed E-state index contributed by atoms with van der Waals surface area (Å²) in [4.78, 5) is 20.1. The number of hydrogen-bond donors (Lipinski definition) is 0. The highest BCUT2D eigenvalue weighted by molar-refractivity contribution is 8.13. The van der Waals surface area contributed by atoms with Crippen LogP contribution in [0.5, 0.6) is 0 Å². The van der Waals surface area contributed by atoms with E-state index in [1.54, 1.807) is 0 Å². The van der Waals surface area contributed by atoms with Gasteiger partial charge in [-0.15, -0.1) is 0 Å². The lowest BCUT2D eigenvalue weighted by molar-refractivity contribution is -0.393. The lowest BCUT2D eigenvalue weighted by Crippen LogP contribution is -1.96. The minimum atomic E-state index is -3.90. The largest absolute Gasteiger partial charge is 0.284 e. The number of nitro benzene ring substituents is 2. The maximum atomic E-state index is 11.2. The molecular weight excluding hydrogens is 336 g/mol. The van der Waals surface area contributed by atoms with Crippen molar-refractivity contribution in [2.45, 2.75) is 4.90 Å². The average molecular weight is 343 g/mol. The van der Waals surface area contributed by atoms with Crippen molar-refractivity contribution in [3.05, 3.63) is 62.7 Å². The number of nitrogens with zero attached hydrogens (tertiary/aromatic N) is 2. The van der Waals surface area contributed by atoms with Crippen molar-refractivity contribution in [1.82, 2.24) is 0 Å². The van der Waals surface area contributed by atoms with Gasteiger partial charge >= 0.3 is 0 Å². The van der Waals surface area contributed by atoms with Crippen molar-refractivity contribution in [3.63, 3.8) is 0 Å². The van der Waals surface area contributed by atoms with Crippen molar-refractivity contribution < 1.29 is 18.3 Å². The maximum absolute atomic E-state index is 11.2. The minimum absolute atomic E-state index is 0.133. The third-order valence-corrected chi connectivity index (χ3v) is 4.21. The summed E-state index contributed by atoms with van der Waals surface area (Å²) in [6.45, 7) is 0. The Morgan fingerprint density at radius 3 is 1.95 bits per heavy atom. The molecule has 2 aromatic rings. The second-order valence-corrected chi connectivity index (χ2v) is 6.74. The Morgan fingerprint density at radius 1 is 0.909 bits per heavy atom. The van der Waals surface area contributed by atoms with Gasteiger partial charge in [-0.2, -0.15) is 0 Å². The first-order valence-electron chi connectivity index (χ1n) is 5.68. The van der Waals surface area contributed by atoms with Crippen molar-refractivity contribution in [2.75, 3.05) is 0 Å². The molecule has 0 N–H and O–H groups in total. The molecule has 0 heterocycles. The molecular formula is C12H7ClN2O6S. The van der Waals surface area contributed by atoms with Gasteiger partial charge in [0.1, 0.15) is 0 Å². The topological polar surface area (TPSA) is 120 Å². The summed E-state index contributed by atoms with van der Waals surface area (Å²) < 4.78 is 22.3. The van der Waals surface area contributed by atoms with E-state index < -0.39 is 30.3 Å². The fraction of sp³-hybridized carbons (Fsp3) is 0. The van der Waals surface area contributed by atoms with Gasteiger partial charge in [-0.25, -0.2) is 8.42 Å². The summed E-state index contributed by atoms with van der Waals surface area (Å²) in [5.41, 5.74) is -0.383. The molecule has 0 radical (unpaired) electrons. The monoisotopic (exact) mass is 342 g/mol. The number of non-ortho nitro benzene ring substituents is 1. The van der Waals surface area contributed by atoms with Crippen molar-refractivity contribution in [2.24, 2.45) is 0 Å². The second kappa shape index (κ2) is 5.70. The van der Waals surface area contributed by atoms with E-state index in [0.717, 1.165) is 12.1 Å². The normalized spacial score (nSPS) is 11.1. The van der Waals surface area contributed by atoms with Gasteiger partial charge in [0.05, 0.1) is 26.4 Å². The zero-order valence-corrected chi connectivity index (χ0v) is 12.2. The molecule has 0 aliphatic carbocycles. The first-order valence-corrected chi connectivity index (χ1v) is 7.99. The summed E-state index contributed by atoms with van der Waals surface area (Å²) in [7, 11) is 1.29. The van der Waals surface area contributed by atoms with Crippen LogP contribution >= 0.6 is 10.7 Å². The first-order chi connectivity index (χ1) is 10.2. The Kier molecular flexibility index (Phi) is 4.11. The molecule has 0 fully saturated rings. The lowest BCUT2D eigenvalue weighted by atomic mass is 10.0. The second-order valence-electron chi connectivity index (χ2n) is 4.18. The summed E-state index contributed by atoms with van der Waals surface area (Å²) in [6, 6.07) is 8.29. The number of benzene rings is 2. The molecule has 0 spiro atoms. The molecule has 0 aliphatic rings. The fourth-order valence-corrected chi connectivity index (χ4v) is 2.60. The van der Waals surface area contributed by atoms with Gasteiger partial charge in [-0.3, -0.25) is 20.2 Å². The predicted molar refractivity (Wildman–Crippen MR) is 78.2 cm³/mol. The number of halogens is 1. The molecule has 114 valence electrons. The van der Waals surface area contributed by atoms with E-state index in [9.17, 15) is 28.6 Å². The van der Waals surface area contributed by atoms with Crippen LogP contribution in [0.3, 0.4) is 0 Å². The van der Waals surface area contributed by atoms with Crippen molar-refractivity contribution in [1.29, 1.82) is 0 Å². The fourth-order valence-electron chi connectivity index (χ4n) is 1.83. The molecule has 10 heteroatoms. The van der Waals surface area contributed by atoms with E-state index in [4.69, 9.17) is 10.7 Å². The molecule has 0 unspecified atom stereocenters. The molecule has 0 saturated carbocycles. The van der Waals surface area contributed by atoms with Crippen LogP contribution in [0.4, 0.5) is 11.4 Å². The summed E-state index contributed by atoms with van der Waals surface area (Å²) >= 11 is 0. The standard InChI is InChI=1S/C12H7ClN2O6S/c13-22(20,21)10-4-1-8(2-5-10)11-6-3-9(14(16)17)7-12(11)15(18)19/h1-7H. The third kappa shape index (κ3) is 3.21. The molecule has 0 bridgehead atoms. The number of hydrogen-bond acceptors (Lipinski definition) is 6. The molecule has 22 heavy (non-hydrogen) atoms. The number of rotatable bonds is 4. The van der Waals surface area contributed by atoms with E-state index in [1.807, 2.05) is 0 Å². The predicted octanol–water partition coefficient (Wildman–Crippen LogP) is 3.10. The van der Waals surface area contributed by atoms with Crippen molar-refractivity contribution in [3.8, 4) is 11.1 Å². The van der Waals surface area contributed by atoms with Gasteiger partial charge in [-0.05, 0) is 23.8 Å². The van der Waals surface area contributed by atoms with E-state index in [-0.39, 0.29) is 10.5 Å². The smallest absolute Gasteiger partial charge is 0.258 e. The highest BCUT2D eigenvalue weighted by atomic mass is 35.7.